The van der Waals surface area contributed by atoms with Crippen molar-refractivity contribution in [1.29, 1.82) is 0 Å². The molecule has 0 atom stereocenters. The lowest BCUT2D eigenvalue weighted by atomic mass is 9.87. The van der Waals surface area contributed by atoms with Gasteiger partial charge in [0.25, 0.3) is 0 Å². The molecule has 0 spiro atoms. The van der Waals surface area contributed by atoms with E-state index < -0.39 is 0 Å². The lowest BCUT2D eigenvalue weighted by Gasteiger charge is -2.24. The zero-order valence-corrected chi connectivity index (χ0v) is 14.1. The molecule has 0 unspecified atom stereocenters. The van der Waals surface area contributed by atoms with E-state index >= 15 is 0 Å². The van der Waals surface area contributed by atoms with E-state index in [4.69, 9.17) is 0 Å². The molecule has 1 saturated carbocycles. The van der Waals surface area contributed by atoms with Crippen molar-refractivity contribution in [2.45, 2.75) is 45.4 Å². The van der Waals surface area contributed by atoms with Gasteiger partial charge in [0.1, 0.15) is 0 Å². The third-order valence-electron chi connectivity index (χ3n) is 4.89. The van der Waals surface area contributed by atoms with Crippen molar-refractivity contribution in [2.75, 3.05) is 5.32 Å². The van der Waals surface area contributed by atoms with Crippen molar-refractivity contribution in [3.8, 4) is 0 Å². The zero-order valence-electron chi connectivity index (χ0n) is 14.1. The Kier molecular flexibility index (Phi) is 5.17. The Labute approximate surface area is 140 Å². The first kappa shape index (κ1) is 15.9. The first-order valence-electron chi connectivity index (χ1n) is 8.81. The third kappa shape index (κ3) is 4.48. The van der Waals surface area contributed by atoms with Crippen molar-refractivity contribution in [2.24, 2.45) is 5.92 Å². The molecule has 1 aliphatic carbocycles. The Morgan fingerprint density at radius 1 is 0.913 bits per heavy atom. The Bertz CT molecular complexity index is 631. The van der Waals surface area contributed by atoms with Gasteiger partial charge in [-0.2, -0.15) is 0 Å². The lowest BCUT2D eigenvalue weighted by Crippen LogP contribution is -2.14. The normalized spacial score (nSPS) is 15.3. The fourth-order valence-electron chi connectivity index (χ4n) is 3.39. The Morgan fingerprint density at radius 2 is 1.48 bits per heavy atom. The summed E-state index contributed by atoms with van der Waals surface area (Å²) in [7, 11) is 0. The smallest absolute Gasteiger partial charge is 0.0381 e. The Morgan fingerprint density at radius 3 is 2.09 bits per heavy atom. The van der Waals surface area contributed by atoms with E-state index in [0.29, 0.717) is 5.92 Å². The molecule has 3 rings (SSSR count). The highest BCUT2D eigenvalue weighted by molar-refractivity contribution is 5.49. The molecular formula is C22H27N. The van der Waals surface area contributed by atoms with Gasteiger partial charge in [-0.3, -0.25) is 0 Å². The van der Waals surface area contributed by atoms with Gasteiger partial charge in [-0.15, -0.1) is 0 Å². The molecule has 1 fully saturated rings. The van der Waals surface area contributed by atoms with Crippen LogP contribution in [0.5, 0.6) is 0 Å². The van der Waals surface area contributed by atoms with Crippen LogP contribution in [0, 0.1) is 12.8 Å². The second-order valence-corrected chi connectivity index (χ2v) is 6.84. The summed E-state index contributed by atoms with van der Waals surface area (Å²) >= 11 is 0. The van der Waals surface area contributed by atoms with Crippen molar-refractivity contribution >= 4 is 5.69 Å². The second-order valence-electron chi connectivity index (χ2n) is 6.84. The molecule has 2 aromatic rings. The zero-order chi connectivity index (χ0) is 16.1. The fourth-order valence-corrected chi connectivity index (χ4v) is 3.39. The molecule has 23 heavy (non-hydrogen) atoms. The highest BCUT2D eigenvalue weighted by Crippen LogP contribution is 2.29. The van der Waals surface area contributed by atoms with E-state index in [-0.39, 0.29) is 0 Å². The van der Waals surface area contributed by atoms with E-state index in [1.807, 2.05) is 0 Å². The molecule has 120 valence electrons. The molecule has 0 saturated heterocycles. The highest BCUT2D eigenvalue weighted by Gasteiger charge is 2.16. The molecular weight excluding hydrogens is 278 g/mol. The van der Waals surface area contributed by atoms with Crippen LogP contribution < -0.4 is 5.32 Å². The summed E-state index contributed by atoms with van der Waals surface area (Å²) in [5, 5.41) is 3.52. The van der Waals surface area contributed by atoms with Crippen molar-refractivity contribution in [3.63, 3.8) is 0 Å². The van der Waals surface area contributed by atoms with Crippen LogP contribution in [-0.2, 0) is 6.42 Å². The number of anilines is 1. The first-order valence-corrected chi connectivity index (χ1v) is 8.81. The van der Waals surface area contributed by atoms with Crippen molar-refractivity contribution in [3.05, 3.63) is 77.5 Å². The second kappa shape index (κ2) is 7.50. The van der Waals surface area contributed by atoms with Gasteiger partial charge >= 0.3 is 0 Å². The largest absolute Gasteiger partial charge is 0.359 e. The van der Waals surface area contributed by atoms with Gasteiger partial charge in [0.15, 0.2) is 0 Å². The van der Waals surface area contributed by atoms with Crippen LogP contribution in [0.2, 0.25) is 0 Å². The summed E-state index contributed by atoms with van der Waals surface area (Å²) in [5.74, 6) is 0.649. The summed E-state index contributed by atoms with van der Waals surface area (Å²) in [4.78, 5) is 0. The Hall–Kier alpha value is -2.02. The number of hydrogen-bond acceptors (Lipinski definition) is 1. The molecule has 1 N–H and O–H groups in total. The summed E-state index contributed by atoms with van der Waals surface area (Å²) in [6, 6.07) is 17.6. The molecule has 1 nitrogen and oxygen atoms in total. The minimum atomic E-state index is 0.649. The molecule has 1 aliphatic rings. The molecule has 0 heterocycles. The minimum Gasteiger partial charge on any atom is -0.359 e. The van der Waals surface area contributed by atoms with Gasteiger partial charge in [-0.25, -0.2) is 0 Å². The maximum absolute atomic E-state index is 4.26. The van der Waals surface area contributed by atoms with Crippen LogP contribution in [0.25, 0.3) is 0 Å². The predicted molar refractivity (Wildman–Crippen MR) is 99.8 cm³/mol. The van der Waals surface area contributed by atoms with Crippen molar-refractivity contribution < 1.29 is 0 Å². The van der Waals surface area contributed by atoms with E-state index in [2.05, 4.69) is 67.4 Å². The summed E-state index contributed by atoms with van der Waals surface area (Å²) in [5.41, 5.74) is 6.38. The van der Waals surface area contributed by atoms with Gasteiger partial charge < -0.3 is 5.32 Å². The average molecular weight is 305 g/mol. The monoisotopic (exact) mass is 305 g/mol. The molecule has 0 radical (unpaired) electrons. The van der Waals surface area contributed by atoms with Crippen LogP contribution in [0.15, 0.2) is 60.8 Å². The Balaban J connectivity index is 1.58. The average Bonchev–Trinajstić information content (AvgIpc) is 2.59. The molecule has 0 aliphatic heterocycles. The number of rotatable bonds is 5. The predicted octanol–water partition coefficient (Wildman–Crippen LogP) is 6.09. The number of nitrogens with one attached hydrogen (secondary N) is 1. The van der Waals surface area contributed by atoms with E-state index in [9.17, 15) is 0 Å². The summed E-state index contributed by atoms with van der Waals surface area (Å²) in [6.45, 7) is 6.39. The maximum atomic E-state index is 4.26. The summed E-state index contributed by atoms with van der Waals surface area (Å²) < 4.78 is 0. The van der Waals surface area contributed by atoms with Crippen molar-refractivity contribution in [1.82, 2.24) is 0 Å². The first-order chi connectivity index (χ1) is 11.2. The fraction of sp³-hybridized carbons (Fsp3) is 0.364. The van der Waals surface area contributed by atoms with Crippen LogP contribution in [0.3, 0.4) is 0 Å². The number of aryl methyl sites for hydroxylation is 1. The van der Waals surface area contributed by atoms with Gasteiger partial charge in [-0.05, 0) is 55.4 Å². The number of allylic oxidation sites excluding steroid dienone is 1. The van der Waals surface area contributed by atoms with Crippen LogP contribution >= 0.6 is 0 Å². The maximum Gasteiger partial charge on any atom is 0.0381 e. The summed E-state index contributed by atoms with van der Waals surface area (Å²) in [6.07, 6.45) is 7.65. The third-order valence-corrected chi connectivity index (χ3v) is 4.89. The van der Waals surface area contributed by atoms with Crippen LogP contribution in [0.1, 0.15) is 48.8 Å². The highest BCUT2D eigenvalue weighted by atomic mass is 14.9. The van der Waals surface area contributed by atoms with E-state index in [1.165, 1.54) is 54.5 Å². The molecule has 2 aromatic carbocycles. The van der Waals surface area contributed by atoms with Gasteiger partial charge in [-0.1, -0.05) is 67.8 Å². The SMILES string of the molecule is C=C(Nc1ccc(Cc2ccc(C)cc2)cc1)C1CCCCC1. The van der Waals surface area contributed by atoms with Crippen LogP contribution in [0.4, 0.5) is 5.69 Å². The molecule has 0 bridgehead atoms. The number of hydrogen-bond donors (Lipinski definition) is 1. The topological polar surface area (TPSA) is 12.0 Å². The van der Waals surface area contributed by atoms with E-state index in [1.54, 1.807) is 0 Å². The standard InChI is InChI=1S/C22H27N/c1-17-8-10-19(11-9-17)16-20-12-14-22(15-13-20)23-18(2)21-6-4-3-5-7-21/h8-15,21,23H,2-7,16H2,1H3. The minimum absolute atomic E-state index is 0.649. The molecule has 1 heteroatoms. The van der Waals surface area contributed by atoms with E-state index in [0.717, 1.165) is 12.1 Å². The number of benzene rings is 2. The van der Waals surface area contributed by atoms with Gasteiger partial charge in [0, 0.05) is 11.4 Å². The lowest BCUT2D eigenvalue weighted by molar-refractivity contribution is 0.405. The van der Waals surface area contributed by atoms with Crippen LogP contribution in [-0.4, -0.2) is 0 Å². The molecule has 0 amide bonds. The van der Waals surface area contributed by atoms with Gasteiger partial charge in [0.05, 0.1) is 0 Å². The van der Waals surface area contributed by atoms with Gasteiger partial charge in [0.2, 0.25) is 0 Å². The quantitative estimate of drug-likeness (QED) is 0.704. The molecule has 0 aromatic heterocycles.